The highest BCUT2D eigenvalue weighted by atomic mass is 35.5. The summed E-state index contributed by atoms with van der Waals surface area (Å²) in [6.07, 6.45) is 5.59. The van der Waals surface area contributed by atoms with Crippen molar-refractivity contribution < 1.29 is 19.4 Å². The smallest absolute Gasteiger partial charge is 0.339 e. The van der Waals surface area contributed by atoms with Crippen LogP contribution in [0.1, 0.15) is 23.2 Å². The van der Waals surface area contributed by atoms with E-state index in [1.54, 1.807) is 0 Å². The van der Waals surface area contributed by atoms with E-state index < -0.39 is 12.0 Å². The Morgan fingerprint density at radius 1 is 1.33 bits per heavy atom. The normalized spacial score (nSPS) is 14.0. The first kappa shape index (κ1) is 15.2. The van der Waals surface area contributed by atoms with E-state index in [0.29, 0.717) is 5.69 Å². The molecular formula is C14H15ClN2O4. The van der Waals surface area contributed by atoms with Crippen LogP contribution in [0, 0.1) is 0 Å². The van der Waals surface area contributed by atoms with Gasteiger partial charge in [0.1, 0.15) is 11.3 Å². The first-order valence-corrected chi connectivity index (χ1v) is 6.72. The van der Waals surface area contributed by atoms with Gasteiger partial charge in [-0.3, -0.25) is 0 Å². The average molecular weight is 311 g/mol. The molecule has 1 aromatic carbocycles. The molecule has 2 amide bonds. The molecule has 0 atom stereocenters. The van der Waals surface area contributed by atoms with E-state index in [2.05, 4.69) is 10.6 Å². The van der Waals surface area contributed by atoms with Crippen LogP contribution < -0.4 is 15.4 Å². The Kier molecular flexibility index (Phi) is 4.70. The minimum absolute atomic E-state index is 0.0616. The molecule has 0 fully saturated rings. The van der Waals surface area contributed by atoms with Crippen LogP contribution in [0.5, 0.6) is 5.75 Å². The second kappa shape index (κ2) is 6.49. The number of carboxylic acids is 1. The van der Waals surface area contributed by atoms with Crippen LogP contribution in [0.4, 0.5) is 10.5 Å². The Hall–Kier alpha value is -2.21. The van der Waals surface area contributed by atoms with E-state index in [9.17, 15) is 9.59 Å². The largest absolute Gasteiger partial charge is 0.496 e. The first-order valence-electron chi connectivity index (χ1n) is 6.34. The van der Waals surface area contributed by atoms with E-state index in [1.807, 2.05) is 12.2 Å². The van der Waals surface area contributed by atoms with Crippen molar-refractivity contribution in [3.63, 3.8) is 0 Å². The third-order valence-corrected chi connectivity index (χ3v) is 3.42. The summed E-state index contributed by atoms with van der Waals surface area (Å²) in [5.41, 5.74) is 0.232. The second-order valence-corrected chi connectivity index (χ2v) is 4.98. The number of benzene rings is 1. The fourth-order valence-corrected chi connectivity index (χ4v) is 2.27. The van der Waals surface area contributed by atoms with Gasteiger partial charge in [0.2, 0.25) is 0 Å². The lowest BCUT2D eigenvalue weighted by Crippen LogP contribution is -2.36. The number of hydrogen-bond acceptors (Lipinski definition) is 3. The van der Waals surface area contributed by atoms with Gasteiger partial charge in [-0.05, 0) is 18.9 Å². The van der Waals surface area contributed by atoms with Gasteiger partial charge in [0.25, 0.3) is 0 Å². The molecule has 0 heterocycles. The number of hydrogen-bond donors (Lipinski definition) is 3. The molecule has 6 nitrogen and oxygen atoms in total. The summed E-state index contributed by atoms with van der Waals surface area (Å²) in [5, 5.41) is 14.6. The predicted molar refractivity (Wildman–Crippen MR) is 79.3 cm³/mol. The van der Waals surface area contributed by atoms with E-state index in [0.717, 1.165) is 12.8 Å². The number of anilines is 1. The lowest BCUT2D eigenvalue weighted by atomic mass is 10.2. The quantitative estimate of drug-likeness (QED) is 0.746. The van der Waals surface area contributed by atoms with Crippen molar-refractivity contribution >= 4 is 29.3 Å². The number of carboxylic acid groups (broad SMARTS) is 1. The first-order chi connectivity index (χ1) is 10.0. The molecule has 0 spiro atoms. The van der Waals surface area contributed by atoms with Crippen LogP contribution in [-0.2, 0) is 0 Å². The molecule has 0 aromatic heterocycles. The van der Waals surface area contributed by atoms with Gasteiger partial charge in [0.15, 0.2) is 0 Å². The number of amides is 2. The number of carbonyl (C=O) groups excluding carboxylic acids is 1. The summed E-state index contributed by atoms with van der Waals surface area (Å²) in [6.45, 7) is 0. The molecule has 112 valence electrons. The van der Waals surface area contributed by atoms with Crippen LogP contribution in [0.25, 0.3) is 0 Å². The number of halogens is 1. The van der Waals surface area contributed by atoms with Gasteiger partial charge in [0.05, 0.1) is 17.8 Å². The standard InChI is InChI=1S/C14H15ClN2O4/c1-21-12-7-11(10(15)6-9(12)13(18)19)17-14(20)16-8-4-2-3-5-8/h2-3,6-8H,4-5H2,1H3,(H,18,19)(H2,16,17,20). The van der Waals surface area contributed by atoms with Crippen LogP contribution in [0.15, 0.2) is 24.3 Å². The van der Waals surface area contributed by atoms with Gasteiger partial charge in [-0.1, -0.05) is 23.8 Å². The molecule has 0 saturated carbocycles. The summed E-state index contributed by atoms with van der Waals surface area (Å²) in [6, 6.07) is 2.31. The van der Waals surface area contributed by atoms with E-state index >= 15 is 0 Å². The molecule has 0 unspecified atom stereocenters. The van der Waals surface area contributed by atoms with Crippen molar-refractivity contribution in [3.8, 4) is 5.75 Å². The van der Waals surface area contributed by atoms with Crippen LogP contribution in [0.3, 0.4) is 0 Å². The lowest BCUT2D eigenvalue weighted by Gasteiger charge is -2.15. The molecule has 0 bridgehead atoms. The zero-order valence-corrected chi connectivity index (χ0v) is 12.1. The zero-order valence-electron chi connectivity index (χ0n) is 11.4. The monoisotopic (exact) mass is 310 g/mol. The number of methoxy groups -OCH3 is 1. The molecule has 0 aliphatic heterocycles. The number of nitrogens with one attached hydrogen (secondary N) is 2. The molecule has 3 N–H and O–H groups in total. The molecule has 21 heavy (non-hydrogen) atoms. The van der Waals surface area contributed by atoms with Crippen molar-refractivity contribution in [2.45, 2.75) is 18.9 Å². The number of carbonyl (C=O) groups is 2. The van der Waals surface area contributed by atoms with Gasteiger partial charge in [0, 0.05) is 12.1 Å². The van der Waals surface area contributed by atoms with E-state index in [4.69, 9.17) is 21.4 Å². The van der Waals surface area contributed by atoms with Gasteiger partial charge in [-0.2, -0.15) is 0 Å². The molecular weight excluding hydrogens is 296 g/mol. The molecule has 1 aliphatic rings. The maximum Gasteiger partial charge on any atom is 0.339 e. The highest BCUT2D eigenvalue weighted by Crippen LogP contribution is 2.31. The molecule has 1 aliphatic carbocycles. The maximum absolute atomic E-state index is 11.9. The number of urea groups is 1. The van der Waals surface area contributed by atoms with E-state index in [-0.39, 0.29) is 22.4 Å². The van der Waals surface area contributed by atoms with Crippen molar-refractivity contribution in [2.75, 3.05) is 12.4 Å². The third kappa shape index (κ3) is 3.66. The van der Waals surface area contributed by atoms with Crippen LogP contribution in [0.2, 0.25) is 5.02 Å². The molecule has 0 saturated heterocycles. The predicted octanol–water partition coefficient (Wildman–Crippen LogP) is 2.89. The number of ether oxygens (including phenoxy) is 1. The molecule has 0 radical (unpaired) electrons. The Bertz CT molecular complexity index is 593. The number of rotatable bonds is 4. The highest BCUT2D eigenvalue weighted by molar-refractivity contribution is 6.34. The number of aromatic carboxylic acids is 1. The molecule has 2 rings (SSSR count). The minimum atomic E-state index is -1.15. The highest BCUT2D eigenvalue weighted by Gasteiger charge is 2.18. The lowest BCUT2D eigenvalue weighted by molar-refractivity contribution is 0.0693. The summed E-state index contributed by atoms with van der Waals surface area (Å²) >= 11 is 5.99. The zero-order chi connectivity index (χ0) is 15.4. The van der Waals surface area contributed by atoms with Gasteiger partial charge in [-0.15, -0.1) is 0 Å². The van der Waals surface area contributed by atoms with Crippen molar-refractivity contribution in [1.29, 1.82) is 0 Å². The van der Waals surface area contributed by atoms with E-state index in [1.165, 1.54) is 19.2 Å². The van der Waals surface area contributed by atoms with Gasteiger partial charge >= 0.3 is 12.0 Å². The summed E-state index contributed by atoms with van der Waals surface area (Å²) < 4.78 is 5.00. The van der Waals surface area contributed by atoms with Crippen molar-refractivity contribution in [3.05, 3.63) is 34.9 Å². The Balaban J connectivity index is 2.12. The van der Waals surface area contributed by atoms with Crippen LogP contribution >= 0.6 is 11.6 Å². The van der Waals surface area contributed by atoms with Gasteiger partial charge in [-0.25, -0.2) is 9.59 Å². The van der Waals surface area contributed by atoms with Crippen LogP contribution in [-0.4, -0.2) is 30.3 Å². The summed E-state index contributed by atoms with van der Waals surface area (Å²) in [4.78, 5) is 22.9. The van der Waals surface area contributed by atoms with Crippen molar-refractivity contribution in [2.24, 2.45) is 0 Å². The average Bonchev–Trinajstić information content (AvgIpc) is 2.93. The van der Waals surface area contributed by atoms with Crippen molar-refractivity contribution in [1.82, 2.24) is 5.32 Å². The fraction of sp³-hybridized carbons (Fsp3) is 0.286. The Morgan fingerprint density at radius 2 is 2.00 bits per heavy atom. The van der Waals surface area contributed by atoms with Gasteiger partial charge < -0.3 is 20.5 Å². The minimum Gasteiger partial charge on any atom is -0.496 e. The summed E-state index contributed by atoms with van der Waals surface area (Å²) in [7, 11) is 1.35. The summed E-state index contributed by atoms with van der Waals surface area (Å²) in [5.74, 6) is -1.02. The topological polar surface area (TPSA) is 87.7 Å². The fourth-order valence-electron chi connectivity index (χ4n) is 2.06. The molecule has 7 heteroatoms. The second-order valence-electron chi connectivity index (χ2n) is 4.58. The maximum atomic E-state index is 11.9. The Morgan fingerprint density at radius 3 is 2.57 bits per heavy atom. The molecule has 1 aromatic rings. The SMILES string of the molecule is COc1cc(NC(=O)NC2CC=CC2)c(Cl)cc1C(=O)O. The Labute approximate surface area is 126 Å². The third-order valence-electron chi connectivity index (χ3n) is 3.11.